The van der Waals surface area contributed by atoms with Gasteiger partial charge < -0.3 is 10.5 Å². The Morgan fingerprint density at radius 2 is 1.76 bits per heavy atom. The van der Waals surface area contributed by atoms with Gasteiger partial charge in [-0.2, -0.15) is 0 Å². The average Bonchev–Trinajstić information content (AvgIpc) is 2.39. The molecule has 0 aromatic carbocycles. The maximum Gasteiger partial charge on any atom is 0.0594 e. The number of hydrogen-bond donors (Lipinski definition) is 1. The van der Waals surface area contributed by atoms with Crippen molar-refractivity contribution in [2.45, 2.75) is 6.04 Å². The van der Waals surface area contributed by atoms with Gasteiger partial charge in [-0.15, -0.1) is 0 Å². The molecule has 2 aliphatic rings. The second-order valence-electron chi connectivity index (χ2n) is 5.12. The van der Waals surface area contributed by atoms with Gasteiger partial charge in [0.15, 0.2) is 0 Å². The number of piperazine rings is 1. The summed E-state index contributed by atoms with van der Waals surface area (Å²) in [6.45, 7) is 10.5. The number of nitrogens with two attached hydrogens (primary N) is 1. The van der Waals surface area contributed by atoms with E-state index in [1.807, 2.05) is 0 Å². The fourth-order valence-electron chi connectivity index (χ4n) is 2.58. The van der Waals surface area contributed by atoms with Crippen LogP contribution in [0.1, 0.15) is 0 Å². The molecule has 2 N–H and O–H groups in total. The maximum atomic E-state index is 5.80. The van der Waals surface area contributed by atoms with Crippen molar-refractivity contribution in [3.05, 3.63) is 0 Å². The highest BCUT2D eigenvalue weighted by Crippen LogP contribution is 2.07. The normalized spacial score (nSPS) is 29.6. The number of likely N-dealkylation sites (N-methyl/N-ethyl adjacent to an activating group) is 1. The monoisotopic (exact) mass is 242 g/mol. The standard InChI is InChI=1S/C12H26N4O/c1-14-2-3-16(11-12(14)10-13)5-4-15-6-8-17-9-7-15/h12H,2-11,13H2,1H3. The fraction of sp³-hybridized carbons (Fsp3) is 1.00. The molecule has 0 aromatic heterocycles. The molecule has 0 spiro atoms. The lowest BCUT2D eigenvalue weighted by Crippen LogP contribution is -2.55. The summed E-state index contributed by atoms with van der Waals surface area (Å²) in [5.74, 6) is 0. The third-order valence-corrected chi connectivity index (χ3v) is 3.97. The van der Waals surface area contributed by atoms with Crippen LogP contribution in [0.5, 0.6) is 0 Å². The topological polar surface area (TPSA) is 45.0 Å². The Balaban J connectivity index is 1.68. The van der Waals surface area contributed by atoms with Crippen molar-refractivity contribution < 1.29 is 4.74 Å². The summed E-state index contributed by atoms with van der Waals surface area (Å²) in [4.78, 5) is 7.43. The van der Waals surface area contributed by atoms with Crippen LogP contribution in [0, 0.1) is 0 Å². The van der Waals surface area contributed by atoms with E-state index in [4.69, 9.17) is 10.5 Å². The van der Waals surface area contributed by atoms with Crippen molar-refractivity contribution in [1.29, 1.82) is 0 Å². The Kier molecular flexibility index (Phi) is 5.18. The zero-order valence-corrected chi connectivity index (χ0v) is 11.0. The minimum Gasteiger partial charge on any atom is -0.379 e. The first-order valence-electron chi connectivity index (χ1n) is 6.72. The van der Waals surface area contributed by atoms with Gasteiger partial charge in [-0.05, 0) is 7.05 Å². The third-order valence-electron chi connectivity index (χ3n) is 3.97. The number of rotatable bonds is 4. The molecule has 2 fully saturated rings. The highest BCUT2D eigenvalue weighted by molar-refractivity contribution is 4.81. The molecule has 0 amide bonds. The molecule has 0 aromatic rings. The first-order valence-corrected chi connectivity index (χ1v) is 6.72. The zero-order valence-electron chi connectivity index (χ0n) is 11.0. The SMILES string of the molecule is CN1CCN(CCN2CCOCC2)CC1CN. The molecule has 2 aliphatic heterocycles. The van der Waals surface area contributed by atoms with Gasteiger partial charge in [-0.3, -0.25) is 14.7 Å². The van der Waals surface area contributed by atoms with Crippen LogP contribution < -0.4 is 5.73 Å². The number of hydrogen-bond acceptors (Lipinski definition) is 5. The van der Waals surface area contributed by atoms with Crippen molar-refractivity contribution in [2.75, 3.05) is 72.6 Å². The lowest BCUT2D eigenvalue weighted by atomic mass is 10.2. The summed E-state index contributed by atoms with van der Waals surface area (Å²) >= 11 is 0. The Morgan fingerprint density at radius 1 is 1.06 bits per heavy atom. The van der Waals surface area contributed by atoms with Crippen LogP contribution in [0.2, 0.25) is 0 Å². The van der Waals surface area contributed by atoms with E-state index in [2.05, 4.69) is 21.7 Å². The van der Waals surface area contributed by atoms with Gasteiger partial charge in [-0.1, -0.05) is 0 Å². The first kappa shape index (κ1) is 13.2. The molecule has 1 atom stereocenters. The molecule has 2 rings (SSSR count). The fourth-order valence-corrected chi connectivity index (χ4v) is 2.58. The van der Waals surface area contributed by atoms with Crippen LogP contribution >= 0.6 is 0 Å². The summed E-state index contributed by atoms with van der Waals surface area (Å²) in [7, 11) is 2.18. The van der Waals surface area contributed by atoms with E-state index < -0.39 is 0 Å². The summed E-state index contributed by atoms with van der Waals surface area (Å²) in [5.41, 5.74) is 5.80. The van der Waals surface area contributed by atoms with Gasteiger partial charge in [0.2, 0.25) is 0 Å². The third kappa shape index (κ3) is 3.89. The Bertz CT molecular complexity index is 221. The molecule has 5 heteroatoms. The second-order valence-corrected chi connectivity index (χ2v) is 5.12. The highest BCUT2D eigenvalue weighted by atomic mass is 16.5. The molecule has 2 heterocycles. The smallest absolute Gasteiger partial charge is 0.0594 e. The maximum absolute atomic E-state index is 5.80. The predicted molar refractivity (Wildman–Crippen MR) is 69.2 cm³/mol. The number of morpholine rings is 1. The van der Waals surface area contributed by atoms with E-state index in [9.17, 15) is 0 Å². The molecule has 100 valence electrons. The lowest BCUT2D eigenvalue weighted by Gasteiger charge is -2.40. The van der Waals surface area contributed by atoms with Crippen LogP contribution in [-0.2, 0) is 4.74 Å². The van der Waals surface area contributed by atoms with Crippen LogP contribution in [0.3, 0.4) is 0 Å². The predicted octanol–water partition coefficient (Wildman–Crippen LogP) is -1.11. The molecular weight excluding hydrogens is 216 g/mol. The molecule has 0 radical (unpaired) electrons. The Labute approximate surface area is 104 Å². The van der Waals surface area contributed by atoms with E-state index in [1.165, 1.54) is 19.6 Å². The molecule has 0 saturated carbocycles. The van der Waals surface area contributed by atoms with Gasteiger partial charge in [0.25, 0.3) is 0 Å². The lowest BCUT2D eigenvalue weighted by molar-refractivity contribution is 0.0271. The Hall–Kier alpha value is -0.200. The molecule has 1 unspecified atom stereocenters. The van der Waals surface area contributed by atoms with E-state index in [0.29, 0.717) is 6.04 Å². The van der Waals surface area contributed by atoms with Crippen LogP contribution in [0.25, 0.3) is 0 Å². The molecule has 17 heavy (non-hydrogen) atoms. The summed E-state index contributed by atoms with van der Waals surface area (Å²) in [6.07, 6.45) is 0. The van der Waals surface area contributed by atoms with Crippen molar-refractivity contribution in [1.82, 2.24) is 14.7 Å². The van der Waals surface area contributed by atoms with Crippen molar-refractivity contribution in [3.63, 3.8) is 0 Å². The Morgan fingerprint density at radius 3 is 2.47 bits per heavy atom. The van der Waals surface area contributed by atoms with Crippen LogP contribution in [0.4, 0.5) is 0 Å². The molecule has 5 nitrogen and oxygen atoms in total. The van der Waals surface area contributed by atoms with E-state index >= 15 is 0 Å². The largest absolute Gasteiger partial charge is 0.379 e. The van der Waals surface area contributed by atoms with Gasteiger partial charge in [0, 0.05) is 58.4 Å². The summed E-state index contributed by atoms with van der Waals surface area (Å²) in [6, 6.07) is 0.536. The zero-order chi connectivity index (χ0) is 12.1. The summed E-state index contributed by atoms with van der Waals surface area (Å²) < 4.78 is 5.36. The van der Waals surface area contributed by atoms with E-state index in [-0.39, 0.29) is 0 Å². The van der Waals surface area contributed by atoms with E-state index in [1.54, 1.807) is 0 Å². The number of nitrogens with zero attached hydrogens (tertiary/aromatic N) is 3. The highest BCUT2D eigenvalue weighted by Gasteiger charge is 2.23. The van der Waals surface area contributed by atoms with Crippen molar-refractivity contribution in [3.8, 4) is 0 Å². The first-order chi connectivity index (χ1) is 8.29. The second kappa shape index (κ2) is 6.66. The molecular formula is C12H26N4O. The van der Waals surface area contributed by atoms with Crippen molar-refractivity contribution in [2.24, 2.45) is 5.73 Å². The van der Waals surface area contributed by atoms with Gasteiger partial charge in [0.1, 0.15) is 0 Å². The van der Waals surface area contributed by atoms with Crippen LogP contribution in [-0.4, -0.2) is 93.4 Å². The van der Waals surface area contributed by atoms with Crippen molar-refractivity contribution >= 4 is 0 Å². The molecule has 0 bridgehead atoms. The average molecular weight is 242 g/mol. The van der Waals surface area contributed by atoms with Gasteiger partial charge in [0.05, 0.1) is 13.2 Å². The summed E-state index contributed by atoms with van der Waals surface area (Å²) in [5, 5.41) is 0. The van der Waals surface area contributed by atoms with Crippen LogP contribution in [0.15, 0.2) is 0 Å². The minimum absolute atomic E-state index is 0.536. The van der Waals surface area contributed by atoms with E-state index in [0.717, 1.165) is 45.9 Å². The quantitative estimate of drug-likeness (QED) is 0.677. The number of ether oxygens (including phenoxy) is 1. The van der Waals surface area contributed by atoms with Gasteiger partial charge in [-0.25, -0.2) is 0 Å². The minimum atomic E-state index is 0.536. The molecule has 2 saturated heterocycles. The molecule has 0 aliphatic carbocycles. The van der Waals surface area contributed by atoms with Gasteiger partial charge >= 0.3 is 0 Å².